The van der Waals surface area contributed by atoms with Crippen molar-refractivity contribution in [1.82, 2.24) is 4.90 Å². The van der Waals surface area contributed by atoms with Crippen LogP contribution in [0.25, 0.3) is 0 Å². The summed E-state index contributed by atoms with van der Waals surface area (Å²) >= 11 is 0. The lowest BCUT2D eigenvalue weighted by Gasteiger charge is -2.37. The number of hydrogen-bond acceptors (Lipinski definition) is 4. The maximum absolute atomic E-state index is 11.1. The summed E-state index contributed by atoms with van der Waals surface area (Å²) in [6.07, 6.45) is 3.98. The summed E-state index contributed by atoms with van der Waals surface area (Å²) in [5.74, 6) is -0.439. The first-order valence-electron chi connectivity index (χ1n) is 7.19. The van der Waals surface area contributed by atoms with E-state index in [1.165, 1.54) is 12.8 Å². The molecule has 2 unspecified atom stereocenters. The molecule has 3 rings (SSSR count). The zero-order valence-corrected chi connectivity index (χ0v) is 11.5. The number of benzene rings is 1. The number of ether oxygens (including phenoxy) is 1. The maximum Gasteiger partial charge on any atom is 0.248 e. The molecule has 108 valence electrons. The number of carbonyl (C=O) groups excluding carboxylic acids is 1. The molecule has 1 aromatic rings. The lowest BCUT2D eigenvalue weighted by molar-refractivity contribution is -0.0587. The Balaban J connectivity index is 1.75. The van der Waals surface area contributed by atoms with Crippen LogP contribution in [0.1, 0.15) is 35.2 Å². The van der Waals surface area contributed by atoms with Crippen LogP contribution in [-0.4, -0.2) is 36.1 Å². The molecule has 1 saturated heterocycles. The number of hydrogen-bond donors (Lipinski definition) is 2. The predicted molar refractivity (Wildman–Crippen MR) is 77.2 cm³/mol. The fourth-order valence-corrected chi connectivity index (χ4v) is 3.31. The van der Waals surface area contributed by atoms with Gasteiger partial charge in [-0.2, -0.15) is 0 Å². The number of anilines is 1. The standard InChI is InChI=1S/C15H21N3O2/c16-12-8-10(15(17)19)4-5-11(12)9-18-6-7-20-14-3-1-2-13(14)18/h4-5,8,13-14H,1-3,6-7,9,16H2,(H2,17,19). The van der Waals surface area contributed by atoms with Gasteiger partial charge in [0.2, 0.25) is 5.91 Å². The van der Waals surface area contributed by atoms with Gasteiger partial charge in [0, 0.05) is 30.4 Å². The van der Waals surface area contributed by atoms with Crippen molar-refractivity contribution in [2.24, 2.45) is 5.73 Å². The number of amides is 1. The van der Waals surface area contributed by atoms with E-state index in [1.807, 2.05) is 6.07 Å². The van der Waals surface area contributed by atoms with Crippen LogP contribution in [-0.2, 0) is 11.3 Å². The smallest absolute Gasteiger partial charge is 0.248 e. The molecule has 1 aromatic carbocycles. The van der Waals surface area contributed by atoms with Crippen LogP contribution in [0.3, 0.4) is 0 Å². The molecule has 20 heavy (non-hydrogen) atoms. The highest BCUT2D eigenvalue weighted by atomic mass is 16.5. The minimum atomic E-state index is -0.439. The van der Waals surface area contributed by atoms with Crippen LogP contribution in [0, 0.1) is 0 Å². The summed E-state index contributed by atoms with van der Waals surface area (Å²) in [7, 11) is 0. The molecule has 2 fully saturated rings. The van der Waals surface area contributed by atoms with Gasteiger partial charge in [-0.05, 0) is 37.0 Å². The van der Waals surface area contributed by atoms with Crippen molar-refractivity contribution in [2.75, 3.05) is 18.9 Å². The predicted octanol–water partition coefficient (Wildman–Crippen LogP) is 1.12. The summed E-state index contributed by atoms with van der Waals surface area (Å²) in [5.41, 5.74) is 13.5. The second kappa shape index (κ2) is 5.42. The number of fused-ring (bicyclic) bond motifs is 1. The second-order valence-electron chi connectivity index (χ2n) is 5.66. The van der Waals surface area contributed by atoms with Crippen molar-refractivity contribution in [3.05, 3.63) is 29.3 Å². The van der Waals surface area contributed by atoms with Crippen molar-refractivity contribution >= 4 is 11.6 Å². The minimum absolute atomic E-state index is 0.384. The van der Waals surface area contributed by atoms with Crippen LogP contribution in [0.15, 0.2) is 18.2 Å². The lowest BCUT2D eigenvalue weighted by atomic mass is 10.1. The largest absolute Gasteiger partial charge is 0.398 e. The highest BCUT2D eigenvalue weighted by molar-refractivity contribution is 5.93. The van der Waals surface area contributed by atoms with Gasteiger partial charge in [-0.3, -0.25) is 9.69 Å². The van der Waals surface area contributed by atoms with E-state index < -0.39 is 5.91 Å². The number of nitrogens with zero attached hydrogens (tertiary/aromatic N) is 1. The van der Waals surface area contributed by atoms with E-state index in [9.17, 15) is 4.79 Å². The summed E-state index contributed by atoms with van der Waals surface area (Å²) in [4.78, 5) is 13.6. The number of nitrogen functional groups attached to an aromatic ring is 1. The number of morpholine rings is 1. The molecule has 5 heteroatoms. The SMILES string of the molecule is NC(=O)c1ccc(CN2CCOC3CCCC32)c(N)c1. The number of rotatable bonds is 3. The Morgan fingerprint density at radius 3 is 3.00 bits per heavy atom. The number of primary amides is 1. The van der Waals surface area contributed by atoms with Gasteiger partial charge < -0.3 is 16.2 Å². The van der Waals surface area contributed by atoms with Crippen molar-refractivity contribution in [3.63, 3.8) is 0 Å². The molecule has 1 saturated carbocycles. The highest BCUT2D eigenvalue weighted by Crippen LogP contribution is 2.31. The van der Waals surface area contributed by atoms with E-state index in [0.717, 1.165) is 31.7 Å². The Hall–Kier alpha value is -1.59. The van der Waals surface area contributed by atoms with Crippen molar-refractivity contribution in [2.45, 2.75) is 38.0 Å². The fourth-order valence-electron chi connectivity index (χ4n) is 3.31. The first kappa shape index (κ1) is 13.4. The molecular formula is C15H21N3O2. The van der Waals surface area contributed by atoms with E-state index in [-0.39, 0.29) is 0 Å². The van der Waals surface area contributed by atoms with Crippen LogP contribution in [0.4, 0.5) is 5.69 Å². The van der Waals surface area contributed by atoms with Crippen molar-refractivity contribution in [1.29, 1.82) is 0 Å². The zero-order valence-electron chi connectivity index (χ0n) is 11.5. The molecule has 0 radical (unpaired) electrons. The molecular weight excluding hydrogens is 254 g/mol. The van der Waals surface area contributed by atoms with Gasteiger partial charge in [0.15, 0.2) is 0 Å². The Kier molecular flexibility index (Phi) is 3.63. The van der Waals surface area contributed by atoms with Gasteiger partial charge in [-0.15, -0.1) is 0 Å². The minimum Gasteiger partial charge on any atom is -0.398 e. The van der Waals surface area contributed by atoms with Crippen LogP contribution in [0.2, 0.25) is 0 Å². The van der Waals surface area contributed by atoms with Gasteiger partial charge in [0.25, 0.3) is 0 Å². The Morgan fingerprint density at radius 2 is 2.25 bits per heavy atom. The molecule has 0 bridgehead atoms. The van der Waals surface area contributed by atoms with E-state index >= 15 is 0 Å². The van der Waals surface area contributed by atoms with E-state index in [4.69, 9.17) is 16.2 Å². The first-order valence-corrected chi connectivity index (χ1v) is 7.19. The van der Waals surface area contributed by atoms with Crippen LogP contribution >= 0.6 is 0 Å². The van der Waals surface area contributed by atoms with E-state index in [0.29, 0.717) is 23.4 Å². The molecule has 2 atom stereocenters. The summed E-state index contributed by atoms with van der Waals surface area (Å²) < 4.78 is 5.82. The van der Waals surface area contributed by atoms with Crippen molar-refractivity contribution in [3.8, 4) is 0 Å². The molecule has 0 aromatic heterocycles. The van der Waals surface area contributed by atoms with Gasteiger partial charge in [0.1, 0.15) is 0 Å². The summed E-state index contributed by atoms with van der Waals surface area (Å²) in [6.45, 7) is 2.55. The van der Waals surface area contributed by atoms with Crippen LogP contribution < -0.4 is 11.5 Å². The number of nitrogens with two attached hydrogens (primary N) is 2. The Bertz CT molecular complexity index is 518. The molecule has 1 amide bonds. The Labute approximate surface area is 118 Å². The van der Waals surface area contributed by atoms with Gasteiger partial charge in [-0.25, -0.2) is 0 Å². The molecule has 5 nitrogen and oxygen atoms in total. The zero-order chi connectivity index (χ0) is 14.1. The second-order valence-corrected chi connectivity index (χ2v) is 5.66. The summed E-state index contributed by atoms with van der Waals surface area (Å²) in [5, 5.41) is 0. The highest BCUT2D eigenvalue weighted by Gasteiger charge is 2.35. The number of carbonyl (C=O) groups is 1. The molecule has 1 aliphatic carbocycles. The van der Waals surface area contributed by atoms with Gasteiger partial charge in [0.05, 0.1) is 12.7 Å². The lowest BCUT2D eigenvalue weighted by Crippen LogP contribution is -2.47. The molecule has 1 aliphatic heterocycles. The fraction of sp³-hybridized carbons (Fsp3) is 0.533. The maximum atomic E-state index is 11.1. The Morgan fingerprint density at radius 1 is 1.40 bits per heavy atom. The third-order valence-corrected chi connectivity index (χ3v) is 4.40. The third kappa shape index (κ3) is 2.51. The summed E-state index contributed by atoms with van der Waals surface area (Å²) in [6, 6.07) is 5.85. The van der Waals surface area contributed by atoms with Crippen LogP contribution in [0.5, 0.6) is 0 Å². The quantitative estimate of drug-likeness (QED) is 0.810. The van der Waals surface area contributed by atoms with Gasteiger partial charge >= 0.3 is 0 Å². The monoisotopic (exact) mass is 275 g/mol. The van der Waals surface area contributed by atoms with E-state index in [2.05, 4.69) is 4.90 Å². The first-order chi connectivity index (χ1) is 9.65. The molecule has 0 spiro atoms. The third-order valence-electron chi connectivity index (χ3n) is 4.40. The van der Waals surface area contributed by atoms with Crippen molar-refractivity contribution < 1.29 is 9.53 Å². The average Bonchev–Trinajstić information content (AvgIpc) is 2.90. The molecule has 1 heterocycles. The van der Waals surface area contributed by atoms with E-state index in [1.54, 1.807) is 12.1 Å². The van der Waals surface area contributed by atoms with Gasteiger partial charge in [-0.1, -0.05) is 6.07 Å². The normalized spacial score (nSPS) is 26.4. The molecule has 2 aliphatic rings. The molecule has 4 N–H and O–H groups in total. The average molecular weight is 275 g/mol. The topological polar surface area (TPSA) is 81.6 Å².